The molecule has 0 radical (unpaired) electrons. The number of carbonyl (C=O) groups excluding carboxylic acids is 2. The lowest BCUT2D eigenvalue weighted by molar-refractivity contribution is -0.384. The maximum absolute atomic E-state index is 12.2. The fraction of sp³-hybridized carbons (Fsp3) is 0.200. The van der Waals surface area contributed by atoms with Gasteiger partial charge in [-0.1, -0.05) is 17.7 Å². The van der Waals surface area contributed by atoms with Crippen molar-refractivity contribution in [3.05, 3.63) is 75.8 Å². The molecule has 1 saturated heterocycles. The largest absolute Gasteiger partial charge is 0.347 e. The van der Waals surface area contributed by atoms with Gasteiger partial charge in [-0.2, -0.15) is 0 Å². The second-order valence-electron chi connectivity index (χ2n) is 6.43. The summed E-state index contributed by atoms with van der Waals surface area (Å²) in [5, 5.41) is 13.5. The van der Waals surface area contributed by atoms with Gasteiger partial charge >= 0.3 is 0 Å². The van der Waals surface area contributed by atoms with E-state index in [9.17, 15) is 19.7 Å². The summed E-state index contributed by atoms with van der Waals surface area (Å²) < 4.78 is 0. The standard InChI is InChI=1S/C20H19N3O4/c1-14-2-7-17(8-3-14)22-13-16(12-20(22)25)21-19(24)11-6-15-4-9-18(10-5-15)23(26)27/h2-11,16H,12-13H2,1H3,(H,21,24)/b11-6+. The van der Waals surface area contributed by atoms with E-state index in [1.807, 2.05) is 31.2 Å². The minimum atomic E-state index is -0.475. The number of amides is 2. The van der Waals surface area contributed by atoms with Gasteiger partial charge in [-0.05, 0) is 42.8 Å². The van der Waals surface area contributed by atoms with Crippen molar-refractivity contribution in [3.8, 4) is 0 Å². The van der Waals surface area contributed by atoms with Crippen molar-refractivity contribution < 1.29 is 14.5 Å². The average molecular weight is 365 g/mol. The van der Waals surface area contributed by atoms with Gasteiger partial charge in [0.2, 0.25) is 11.8 Å². The number of non-ortho nitro benzene ring substituents is 1. The summed E-state index contributed by atoms with van der Waals surface area (Å²) in [7, 11) is 0. The first-order valence-electron chi connectivity index (χ1n) is 8.52. The predicted molar refractivity (Wildman–Crippen MR) is 102 cm³/mol. The van der Waals surface area contributed by atoms with Crippen molar-refractivity contribution in [1.82, 2.24) is 5.32 Å². The lowest BCUT2D eigenvalue weighted by atomic mass is 10.2. The molecule has 27 heavy (non-hydrogen) atoms. The number of hydrogen-bond acceptors (Lipinski definition) is 4. The van der Waals surface area contributed by atoms with E-state index >= 15 is 0 Å². The number of carbonyl (C=O) groups is 2. The summed E-state index contributed by atoms with van der Waals surface area (Å²) >= 11 is 0. The Morgan fingerprint density at radius 3 is 2.48 bits per heavy atom. The zero-order valence-electron chi connectivity index (χ0n) is 14.8. The summed E-state index contributed by atoms with van der Waals surface area (Å²) in [6, 6.07) is 13.3. The summed E-state index contributed by atoms with van der Waals surface area (Å²) in [5.74, 6) is -0.333. The van der Waals surface area contributed by atoms with Crippen LogP contribution in [-0.4, -0.2) is 29.3 Å². The molecule has 0 bridgehead atoms. The maximum atomic E-state index is 12.2. The number of nitro groups is 1. The summed E-state index contributed by atoms with van der Waals surface area (Å²) in [4.78, 5) is 36.2. The molecule has 1 unspecified atom stereocenters. The molecule has 1 N–H and O–H groups in total. The van der Waals surface area contributed by atoms with E-state index in [2.05, 4.69) is 5.32 Å². The molecular weight excluding hydrogens is 346 g/mol. The van der Waals surface area contributed by atoms with Gasteiger partial charge in [0.05, 0.1) is 11.0 Å². The molecule has 2 amide bonds. The second kappa shape index (κ2) is 7.82. The molecule has 7 nitrogen and oxygen atoms in total. The molecular formula is C20H19N3O4. The fourth-order valence-electron chi connectivity index (χ4n) is 2.91. The van der Waals surface area contributed by atoms with E-state index < -0.39 is 4.92 Å². The van der Waals surface area contributed by atoms with Crippen LogP contribution in [0.15, 0.2) is 54.6 Å². The van der Waals surface area contributed by atoms with E-state index in [1.54, 1.807) is 23.1 Å². The molecule has 0 saturated carbocycles. The highest BCUT2D eigenvalue weighted by Crippen LogP contribution is 2.22. The maximum Gasteiger partial charge on any atom is 0.269 e. The van der Waals surface area contributed by atoms with E-state index in [4.69, 9.17) is 0 Å². The first-order chi connectivity index (χ1) is 12.9. The predicted octanol–water partition coefficient (Wildman–Crippen LogP) is 2.84. The highest BCUT2D eigenvalue weighted by Gasteiger charge is 2.31. The number of hydrogen-bond donors (Lipinski definition) is 1. The van der Waals surface area contributed by atoms with Crippen molar-refractivity contribution in [2.45, 2.75) is 19.4 Å². The molecule has 0 aliphatic carbocycles. The van der Waals surface area contributed by atoms with Gasteiger partial charge in [0.1, 0.15) is 0 Å². The molecule has 138 valence electrons. The van der Waals surface area contributed by atoms with E-state index in [-0.39, 0.29) is 30.0 Å². The number of anilines is 1. The summed E-state index contributed by atoms with van der Waals surface area (Å²) in [5.41, 5.74) is 2.62. The average Bonchev–Trinajstić information content (AvgIpc) is 3.01. The second-order valence-corrected chi connectivity index (χ2v) is 6.43. The minimum Gasteiger partial charge on any atom is -0.347 e. The third-order valence-electron chi connectivity index (χ3n) is 4.35. The molecule has 1 aliphatic heterocycles. The van der Waals surface area contributed by atoms with Crippen LogP contribution >= 0.6 is 0 Å². The van der Waals surface area contributed by atoms with Crippen LogP contribution in [0, 0.1) is 17.0 Å². The van der Waals surface area contributed by atoms with Crippen LogP contribution in [0.3, 0.4) is 0 Å². The van der Waals surface area contributed by atoms with Crippen molar-refractivity contribution >= 4 is 29.3 Å². The first kappa shape index (κ1) is 18.3. The Labute approximate surface area is 156 Å². The van der Waals surface area contributed by atoms with Crippen LogP contribution in [-0.2, 0) is 9.59 Å². The molecule has 1 heterocycles. The molecule has 2 aromatic rings. The normalized spacial score (nSPS) is 16.7. The van der Waals surface area contributed by atoms with E-state index in [1.165, 1.54) is 18.2 Å². The smallest absolute Gasteiger partial charge is 0.269 e. The van der Waals surface area contributed by atoms with Crippen molar-refractivity contribution in [3.63, 3.8) is 0 Å². The molecule has 1 fully saturated rings. The quantitative estimate of drug-likeness (QED) is 0.501. The van der Waals surface area contributed by atoms with Gasteiger partial charge in [-0.15, -0.1) is 0 Å². The number of nitrogens with one attached hydrogen (secondary N) is 1. The molecule has 1 aliphatic rings. The van der Waals surface area contributed by atoms with Gasteiger partial charge in [-0.3, -0.25) is 19.7 Å². The number of aryl methyl sites for hydroxylation is 1. The SMILES string of the molecule is Cc1ccc(N2CC(NC(=O)/C=C/c3ccc([N+](=O)[O-])cc3)CC2=O)cc1. The fourth-order valence-corrected chi connectivity index (χ4v) is 2.91. The third-order valence-corrected chi connectivity index (χ3v) is 4.35. The zero-order valence-corrected chi connectivity index (χ0v) is 14.8. The molecule has 3 rings (SSSR count). The van der Waals surface area contributed by atoms with Gasteiger partial charge in [-0.25, -0.2) is 0 Å². The minimum absolute atomic E-state index is 0.00253. The highest BCUT2D eigenvalue weighted by molar-refractivity contribution is 5.98. The Balaban J connectivity index is 1.57. The Kier molecular flexibility index (Phi) is 5.30. The van der Waals surface area contributed by atoms with Crippen LogP contribution in [0.4, 0.5) is 11.4 Å². The van der Waals surface area contributed by atoms with E-state index in [0.717, 1.165) is 11.3 Å². The monoisotopic (exact) mass is 365 g/mol. The van der Waals surface area contributed by atoms with Crippen LogP contribution in [0.25, 0.3) is 6.08 Å². The Morgan fingerprint density at radius 1 is 1.19 bits per heavy atom. The summed E-state index contributed by atoms with van der Waals surface area (Å²) in [6.45, 7) is 2.41. The topological polar surface area (TPSA) is 92.6 Å². The van der Waals surface area contributed by atoms with Crippen molar-refractivity contribution in [2.75, 3.05) is 11.4 Å². The van der Waals surface area contributed by atoms with Crippen molar-refractivity contribution in [1.29, 1.82) is 0 Å². The zero-order chi connectivity index (χ0) is 19.4. The Morgan fingerprint density at radius 2 is 1.85 bits per heavy atom. The molecule has 0 spiro atoms. The molecule has 7 heteroatoms. The molecule has 0 aromatic heterocycles. The number of rotatable bonds is 5. The van der Waals surface area contributed by atoms with Crippen LogP contribution in [0.2, 0.25) is 0 Å². The lowest BCUT2D eigenvalue weighted by Gasteiger charge is -2.17. The van der Waals surface area contributed by atoms with Crippen LogP contribution < -0.4 is 10.2 Å². The lowest BCUT2D eigenvalue weighted by Crippen LogP contribution is -2.36. The molecule has 2 aromatic carbocycles. The highest BCUT2D eigenvalue weighted by atomic mass is 16.6. The van der Waals surface area contributed by atoms with Crippen molar-refractivity contribution in [2.24, 2.45) is 0 Å². The van der Waals surface area contributed by atoms with Gasteiger partial charge in [0.25, 0.3) is 5.69 Å². The van der Waals surface area contributed by atoms with Gasteiger partial charge in [0, 0.05) is 36.9 Å². The Hall–Kier alpha value is -3.48. The van der Waals surface area contributed by atoms with Gasteiger partial charge in [0.15, 0.2) is 0 Å². The van der Waals surface area contributed by atoms with Crippen LogP contribution in [0.1, 0.15) is 17.5 Å². The third kappa shape index (κ3) is 4.58. The summed E-state index contributed by atoms with van der Waals surface area (Å²) in [6.07, 6.45) is 3.19. The Bertz CT molecular complexity index is 888. The van der Waals surface area contributed by atoms with Crippen LogP contribution in [0.5, 0.6) is 0 Å². The number of nitrogens with zero attached hydrogens (tertiary/aromatic N) is 2. The van der Waals surface area contributed by atoms with Gasteiger partial charge < -0.3 is 10.2 Å². The first-order valence-corrected chi connectivity index (χ1v) is 8.52. The number of benzene rings is 2. The van der Waals surface area contributed by atoms with E-state index in [0.29, 0.717) is 12.1 Å². The molecule has 1 atom stereocenters. The number of nitro benzene ring substituents is 1.